The van der Waals surface area contributed by atoms with E-state index in [4.69, 9.17) is 9.98 Å². The van der Waals surface area contributed by atoms with Crippen molar-refractivity contribution in [3.05, 3.63) is 65.9 Å². The molecule has 0 saturated carbocycles. The molecule has 5 nitrogen and oxygen atoms in total. The van der Waals surface area contributed by atoms with E-state index in [-0.39, 0.29) is 0 Å². The molecular formula is C16H13N5S. The second-order valence-electron chi connectivity index (χ2n) is 4.87. The Hall–Kier alpha value is -2.47. The van der Waals surface area contributed by atoms with Crippen LogP contribution in [0.15, 0.2) is 58.8 Å². The van der Waals surface area contributed by atoms with Crippen molar-refractivity contribution in [2.45, 2.75) is 11.6 Å². The van der Waals surface area contributed by atoms with Crippen LogP contribution in [-0.2, 0) is 6.54 Å². The molecular weight excluding hydrogens is 294 g/mol. The maximum absolute atomic E-state index is 4.78. The van der Waals surface area contributed by atoms with E-state index in [1.807, 2.05) is 35.1 Å². The number of rotatable bonds is 2. The van der Waals surface area contributed by atoms with E-state index in [2.05, 4.69) is 28.4 Å². The van der Waals surface area contributed by atoms with Crippen LogP contribution in [0.3, 0.4) is 0 Å². The van der Waals surface area contributed by atoms with Crippen molar-refractivity contribution < 1.29 is 0 Å². The fourth-order valence-corrected chi connectivity index (χ4v) is 2.92. The smallest absolute Gasteiger partial charge is 0.159 e. The standard InChI is InChI=1S/C16H13N5S/c1-22-14-8-7-12-16(19-14)15(11-5-3-2-4-6-11)17-9-13-20-18-10-21(12)13/h2-8,10H,9H2,1H3. The molecule has 1 aliphatic heterocycles. The summed E-state index contributed by atoms with van der Waals surface area (Å²) in [5.41, 5.74) is 3.81. The zero-order valence-corrected chi connectivity index (χ0v) is 12.8. The Bertz CT molecular complexity index is 854. The number of fused-ring (bicyclic) bond motifs is 3. The number of thioether (sulfide) groups is 1. The third-order valence-corrected chi connectivity index (χ3v) is 4.23. The van der Waals surface area contributed by atoms with Gasteiger partial charge < -0.3 is 0 Å². The first-order valence-corrected chi connectivity index (χ1v) is 8.14. The summed E-state index contributed by atoms with van der Waals surface area (Å²) < 4.78 is 1.96. The summed E-state index contributed by atoms with van der Waals surface area (Å²) in [5, 5.41) is 9.13. The SMILES string of the molecule is CSc1ccc2c(n1)C(c1ccccc1)=NCc1nncn1-2. The van der Waals surface area contributed by atoms with Crippen LogP contribution >= 0.6 is 11.8 Å². The molecule has 108 valence electrons. The Kier molecular flexibility index (Phi) is 3.23. The van der Waals surface area contributed by atoms with Crippen LogP contribution in [0.1, 0.15) is 17.1 Å². The predicted molar refractivity (Wildman–Crippen MR) is 86.7 cm³/mol. The molecule has 6 heteroatoms. The summed E-state index contributed by atoms with van der Waals surface area (Å²) in [6, 6.07) is 14.2. The third kappa shape index (κ3) is 2.12. The van der Waals surface area contributed by atoms with Crippen LogP contribution in [0.25, 0.3) is 5.69 Å². The van der Waals surface area contributed by atoms with Crippen molar-refractivity contribution in [1.29, 1.82) is 0 Å². The molecule has 0 bridgehead atoms. The van der Waals surface area contributed by atoms with Crippen molar-refractivity contribution in [3.8, 4) is 5.69 Å². The summed E-state index contributed by atoms with van der Waals surface area (Å²) in [6.45, 7) is 0.495. The van der Waals surface area contributed by atoms with Crippen LogP contribution < -0.4 is 0 Å². The van der Waals surface area contributed by atoms with Crippen LogP contribution in [0.4, 0.5) is 0 Å². The number of aliphatic imine (C=N–C) groups is 1. The van der Waals surface area contributed by atoms with Gasteiger partial charge in [0.15, 0.2) is 5.82 Å². The van der Waals surface area contributed by atoms with Gasteiger partial charge in [0.25, 0.3) is 0 Å². The van der Waals surface area contributed by atoms with E-state index in [1.165, 1.54) is 0 Å². The quantitative estimate of drug-likeness (QED) is 0.683. The average Bonchev–Trinajstić information content (AvgIpc) is 2.98. The molecule has 0 atom stereocenters. The summed E-state index contributed by atoms with van der Waals surface area (Å²) in [6.07, 6.45) is 3.74. The van der Waals surface area contributed by atoms with E-state index in [9.17, 15) is 0 Å². The monoisotopic (exact) mass is 307 g/mol. The molecule has 0 saturated heterocycles. The van der Waals surface area contributed by atoms with Crippen molar-refractivity contribution in [2.75, 3.05) is 6.26 Å². The van der Waals surface area contributed by atoms with Gasteiger partial charge in [-0.1, -0.05) is 30.3 Å². The van der Waals surface area contributed by atoms with Crippen molar-refractivity contribution >= 4 is 17.5 Å². The molecule has 22 heavy (non-hydrogen) atoms. The van der Waals surface area contributed by atoms with E-state index in [0.29, 0.717) is 6.54 Å². The third-order valence-electron chi connectivity index (χ3n) is 3.59. The lowest BCUT2D eigenvalue weighted by molar-refractivity contribution is 0.867. The second-order valence-corrected chi connectivity index (χ2v) is 5.70. The highest BCUT2D eigenvalue weighted by atomic mass is 32.2. The maximum atomic E-state index is 4.78. The first-order chi connectivity index (χ1) is 10.9. The minimum atomic E-state index is 0.495. The molecule has 1 aliphatic rings. The van der Waals surface area contributed by atoms with Gasteiger partial charge in [-0.25, -0.2) is 4.98 Å². The maximum Gasteiger partial charge on any atom is 0.159 e. The number of aromatic nitrogens is 4. The molecule has 0 fully saturated rings. The largest absolute Gasteiger partial charge is 0.282 e. The van der Waals surface area contributed by atoms with Gasteiger partial charge in [0.05, 0.1) is 16.4 Å². The molecule has 0 amide bonds. The first-order valence-electron chi connectivity index (χ1n) is 6.91. The molecule has 3 heterocycles. The van der Waals surface area contributed by atoms with Crippen LogP contribution in [0.5, 0.6) is 0 Å². The van der Waals surface area contributed by atoms with E-state index in [1.54, 1.807) is 18.1 Å². The van der Waals surface area contributed by atoms with Crippen molar-refractivity contribution in [3.63, 3.8) is 0 Å². The molecule has 3 aromatic rings. The zero-order chi connectivity index (χ0) is 14.9. The van der Waals surface area contributed by atoms with Gasteiger partial charge in [-0.05, 0) is 18.4 Å². The summed E-state index contributed by atoms with van der Waals surface area (Å²) >= 11 is 1.62. The number of nitrogens with zero attached hydrogens (tertiary/aromatic N) is 5. The van der Waals surface area contributed by atoms with Gasteiger partial charge >= 0.3 is 0 Å². The lowest BCUT2D eigenvalue weighted by Gasteiger charge is -2.11. The lowest BCUT2D eigenvalue weighted by Crippen LogP contribution is -2.10. The van der Waals surface area contributed by atoms with Gasteiger partial charge in [-0.15, -0.1) is 22.0 Å². The number of pyridine rings is 1. The van der Waals surface area contributed by atoms with Crippen LogP contribution in [0, 0.1) is 0 Å². The number of hydrogen-bond acceptors (Lipinski definition) is 5. The van der Waals surface area contributed by atoms with Crippen LogP contribution in [0.2, 0.25) is 0 Å². The Morgan fingerprint density at radius 3 is 2.77 bits per heavy atom. The van der Waals surface area contributed by atoms with Crippen LogP contribution in [-0.4, -0.2) is 31.7 Å². The Labute approximate surface area is 132 Å². The van der Waals surface area contributed by atoms with E-state index >= 15 is 0 Å². The van der Waals surface area contributed by atoms with Gasteiger partial charge in [-0.3, -0.25) is 9.56 Å². The fraction of sp³-hybridized carbons (Fsp3) is 0.125. The molecule has 0 spiro atoms. The molecule has 0 aliphatic carbocycles. The second kappa shape index (κ2) is 5.38. The minimum Gasteiger partial charge on any atom is -0.282 e. The lowest BCUT2D eigenvalue weighted by atomic mass is 10.1. The highest BCUT2D eigenvalue weighted by molar-refractivity contribution is 7.98. The minimum absolute atomic E-state index is 0.495. The summed E-state index contributed by atoms with van der Waals surface area (Å²) in [7, 11) is 0. The van der Waals surface area contributed by atoms with Gasteiger partial charge in [0.1, 0.15) is 18.6 Å². The molecule has 2 aromatic heterocycles. The summed E-state index contributed by atoms with van der Waals surface area (Å²) in [5.74, 6) is 0.825. The Balaban J connectivity index is 1.98. The van der Waals surface area contributed by atoms with Crippen molar-refractivity contribution in [1.82, 2.24) is 19.7 Å². The van der Waals surface area contributed by atoms with Crippen molar-refractivity contribution in [2.24, 2.45) is 4.99 Å². The molecule has 4 rings (SSSR count). The first kappa shape index (κ1) is 13.2. The fourth-order valence-electron chi connectivity index (χ4n) is 2.53. The normalized spacial score (nSPS) is 13.0. The van der Waals surface area contributed by atoms with Gasteiger partial charge in [0, 0.05) is 5.56 Å². The van der Waals surface area contributed by atoms with Gasteiger partial charge in [0.2, 0.25) is 0 Å². The molecule has 0 radical (unpaired) electrons. The number of hydrogen-bond donors (Lipinski definition) is 0. The molecule has 1 aromatic carbocycles. The molecule has 0 unspecified atom stereocenters. The van der Waals surface area contributed by atoms with E-state index < -0.39 is 0 Å². The Morgan fingerprint density at radius 1 is 1.09 bits per heavy atom. The zero-order valence-electron chi connectivity index (χ0n) is 12.0. The highest BCUT2D eigenvalue weighted by Crippen LogP contribution is 2.25. The highest BCUT2D eigenvalue weighted by Gasteiger charge is 2.21. The molecule has 0 N–H and O–H groups in total. The number of benzene rings is 1. The average molecular weight is 307 g/mol. The summed E-state index contributed by atoms with van der Waals surface area (Å²) in [4.78, 5) is 9.53. The topological polar surface area (TPSA) is 56.0 Å². The Morgan fingerprint density at radius 2 is 1.95 bits per heavy atom. The van der Waals surface area contributed by atoms with Gasteiger partial charge in [-0.2, -0.15) is 0 Å². The predicted octanol–water partition coefficient (Wildman–Crippen LogP) is 2.74. The van der Waals surface area contributed by atoms with E-state index in [0.717, 1.165) is 33.5 Å².